The summed E-state index contributed by atoms with van der Waals surface area (Å²) in [7, 11) is 0. The van der Waals surface area contributed by atoms with E-state index in [1.165, 1.54) is 12.5 Å². The molecule has 0 aliphatic carbocycles. The van der Waals surface area contributed by atoms with Crippen molar-refractivity contribution >= 4 is 29.2 Å². The standard InChI is InChI=1S/C28H31ClN2O3/c1-16-11-21(9-10-25(16)29)19(4)15-30-24-8-6-7-22(14-24)23-12-17(2)26(18(3)13-23)27(32)31-20(5)28(33)34/h6-14,19-20,30H,15H2,1-5H3,(H,31,32)(H,33,34). The molecule has 1 amide bonds. The summed E-state index contributed by atoms with van der Waals surface area (Å²) in [5, 5.41) is 15.9. The van der Waals surface area contributed by atoms with Gasteiger partial charge in [-0.25, -0.2) is 0 Å². The molecule has 0 bridgehead atoms. The van der Waals surface area contributed by atoms with E-state index in [0.29, 0.717) is 11.5 Å². The Morgan fingerprint density at radius 3 is 2.21 bits per heavy atom. The minimum absolute atomic E-state index is 0.315. The van der Waals surface area contributed by atoms with Gasteiger partial charge in [0.05, 0.1) is 0 Å². The predicted molar refractivity (Wildman–Crippen MR) is 139 cm³/mol. The molecule has 2 unspecified atom stereocenters. The van der Waals surface area contributed by atoms with Crippen LogP contribution in [-0.4, -0.2) is 29.6 Å². The summed E-state index contributed by atoms with van der Waals surface area (Å²) in [6, 6.07) is 17.3. The number of hydrogen-bond donors (Lipinski definition) is 3. The topological polar surface area (TPSA) is 78.4 Å². The Morgan fingerprint density at radius 1 is 0.912 bits per heavy atom. The molecule has 3 rings (SSSR count). The van der Waals surface area contributed by atoms with Gasteiger partial charge in [-0.2, -0.15) is 0 Å². The van der Waals surface area contributed by atoms with Crippen LogP contribution in [0.1, 0.15) is 52.4 Å². The van der Waals surface area contributed by atoms with Crippen LogP contribution in [0.5, 0.6) is 0 Å². The van der Waals surface area contributed by atoms with Crippen LogP contribution in [0.2, 0.25) is 5.02 Å². The van der Waals surface area contributed by atoms with E-state index in [1.54, 1.807) is 0 Å². The number of benzene rings is 3. The Kier molecular flexibility index (Phi) is 8.00. The van der Waals surface area contributed by atoms with Crippen LogP contribution in [0.25, 0.3) is 11.1 Å². The van der Waals surface area contributed by atoms with E-state index in [0.717, 1.165) is 45.1 Å². The number of amides is 1. The Labute approximate surface area is 206 Å². The third kappa shape index (κ3) is 5.97. The van der Waals surface area contributed by atoms with Gasteiger partial charge < -0.3 is 15.7 Å². The zero-order valence-electron chi connectivity index (χ0n) is 20.2. The van der Waals surface area contributed by atoms with E-state index in [-0.39, 0.29) is 5.91 Å². The Morgan fingerprint density at radius 2 is 1.59 bits per heavy atom. The third-order valence-corrected chi connectivity index (χ3v) is 6.46. The minimum atomic E-state index is -1.06. The Hall–Kier alpha value is -3.31. The van der Waals surface area contributed by atoms with Crippen LogP contribution in [0, 0.1) is 20.8 Å². The molecule has 2 atom stereocenters. The predicted octanol–water partition coefficient (Wildman–Crippen LogP) is 6.35. The van der Waals surface area contributed by atoms with Crippen molar-refractivity contribution in [1.82, 2.24) is 5.32 Å². The number of carbonyl (C=O) groups excluding carboxylic acids is 1. The summed E-state index contributed by atoms with van der Waals surface area (Å²) in [5.74, 6) is -1.13. The van der Waals surface area contributed by atoms with E-state index in [1.807, 2.05) is 57.2 Å². The molecule has 0 aromatic heterocycles. The number of carboxylic acid groups (broad SMARTS) is 1. The first-order chi connectivity index (χ1) is 16.1. The number of carbonyl (C=O) groups is 2. The van der Waals surface area contributed by atoms with Crippen molar-refractivity contribution < 1.29 is 14.7 Å². The van der Waals surface area contributed by atoms with Gasteiger partial charge in [-0.05, 0) is 85.2 Å². The molecule has 3 aromatic carbocycles. The van der Waals surface area contributed by atoms with E-state index >= 15 is 0 Å². The Bertz CT molecular complexity index is 1200. The quantitative estimate of drug-likeness (QED) is 0.352. The van der Waals surface area contributed by atoms with Gasteiger partial charge in [0.1, 0.15) is 6.04 Å². The highest BCUT2D eigenvalue weighted by molar-refractivity contribution is 6.31. The maximum absolute atomic E-state index is 12.6. The average molecular weight is 479 g/mol. The first-order valence-corrected chi connectivity index (χ1v) is 11.7. The molecule has 34 heavy (non-hydrogen) atoms. The van der Waals surface area contributed by atoms with Gasteiger partial charge in [0.2, 0.25) is 0 Å². The fourth-order valence-corrected chi connectivity index (χ4v) is 4.11. The monoisotopic (exact) mass is 478 g/mol. The maximum atomic E-state index is 12.6. The van der Waals surface area contributed by atoms with E-state index in [4.69, 9.17) is 16.7 Å². The molecule has 178 valence electrons. The number of rotatable bonds is 8. The number of halogens is 1. The molecular weight excluding hydrogens is 448 g/mol. The smallest absolute Gasteiger partial charge is 0.325 e. The Balaban J connectivity index is 1.76. The highest BCUT2D eigenvalue weighted by atomic mass is 35.5. The molecule has 3 N–H and O–H groups in total. The molecule has 5 nitrogen and oxygen atoms in total. The molecule has 0 spiro atoms. The molecule has 0 aliphatic rings. The lowest BCUT2D eigenvalue weighted by molar-refractivity contribution is -0.138. The van der Waals surface area contributed by atoms with Crippen LogP contribution in [-0.2, 0) is 4.79 Å². The van der Waals surface area contributed by atoms with Crippen molar-refractivity contribution in [2.45, 2.75) is 46.6 Å². The molecule has 3 aromatic rings. The summed E-state index contributed by atoms with van der Waals surface area (Å²) in [4.78, 5) is 23.7. The second-order valence-electron chi connectivity index (χ2n) is 8.89. The molecule has 0 aliphatic heterocycles. The van der Waals surface area contributed by atoms with E-state index in [9.17, 15) is 9.59 Å². The van der Waals surface area contributed by atoms with E-state index < -0.39 is 12.0 Å². The third-order valence-electron chi connectivity index (χ3n) is 6.04. The minimum Gasteiger partial charge on any atom is -0.480 e. The largest absolute Gasteiger partial charge is 0.480 e. The molecule has 6 heteroatoms. The SMILES string of the molecule is Cc1cc(C(C)CNc2cccc(-c3cc(C)c(C(=O)NC(C)C(=O)O)c(C)c3)c2)ccc1Cl. The number of aliphatic carboxylic acids is 1. The van der Waals surface area contributed by atoms with Crippen molar-refractivity contribution in [2.24, 2.45) is 0 Å². The van der Waals surface area contributed by atoms with Gasteiger partial charge in [0.15, 0.2) is 0 Å². The number of anilines is 1. The number of carboxylic acids is 1. The van der Waals surface area contributed by atoms with Crippen molar-refractivity contribution in [1.29, 1.82) is 0 Å². The van der Waals surface area contributed by atoms with Crippen LogP contribution < -0.4 is 10.6 Å². The van der Waals surface area contributed by atoms with Crippen LogP contribution in [0.4, 0.5) is 5.69 Å². The van der Waals surface area contributed by atoms with Gasteiger partial charge in [0.25, 0.3) is 5.91 Å². The summed E-state index contributed by atoms with van der Waals surface area (Å²) in [6.07, 6.45) is 0. The number of nitrogens with one attached hydrogen (secondary N) is 2. The molecule has 0 saturated heterocycles. The van der Waals surface area contributed by atoms with Crippen molar-refractivity contribution in [3.05, 3.63) is 87.4 Å². The average Bonchev–Trinajstić information content (AvgIpc) is 2.78. The van der Waals surface area contributed by atoms with Crippen molar-refractivity contribution in [3.8, 4) is 11.1 Å². The molecular formula is C28H31ClN2O3. The van der Waals surface area contributed by atoms with Crippen molar-refractivity contribution in [2.75, 3.05) is 11.9 Å². The van der Waals surface area contributed by atoms with Crippen molar-refractivity contribution in [3.63, 3.8) is 0 Å². The fraction of sp³-hybridized carbons (Fsp3) is 0.286. The second kappa shape index (κ2) is 10.7. The number of aryl methyl sites for hydroxylation is 3. The summed E-state index contributed by atoms with van der Waals surface area (Å²) >= 11 is 6.16. The van der Waals surface area contributed by atoms with Gasteiger partial charge in [0, 0.05) is 22.8 Å². The highest BCUT2D eigenvalue weighted by Crippen LogP contribution is 2.28. The van der Waals surface area contributed by atoms with E-state index in [2.05, 4.69) is 35.8 Å². The summed E-state index contributed by atoms with van der Waals surface area (Å²) < 4.78 is 0. The molecule has 0 radical (unpaired) electrons. The molecule has 0 heterocycles. The summed E-state index contributed by atoms with van der Waals surface area (Å²) in [6.45, 7) is 10.2. The maximum Gasteiger partial charge on any atom is 0.325 e. The van der Waals surface area contributed by atoms with Gasteiger partial charge in [-0.3, -0.25) is 9.59 Å². The van der Waals surface area contributed by atoms with Crippen LogP contribution in [0.3, 0.4) is 0 Å². The van der Waals surface area contributed by atoms with Gasteiger partial charge >= 0.3 is 5.97 Å². The molecule has 0 fully saturated rings. The lowest BCUT2D eigenvalue weighted by atomic mass is 9.94. The fourth-order valence-electron chi connectivity index (χ4n) is 3.99. The van der Waals surface area contributed by atoms with Gasteiger partial charge in [-0.1, -0.05) is 54.9 Å². The lowest BCUT2D eigenvalue weighted by Crippen LogP contribution is -2.38. The summed E-state index contributed by atoms with van der Waals surface area (Å²) in [5.41, 5.74) is 7.49. The zero-order chi connectivity index (χ0) is 25.0. The first kappa shape index (κ1) is 25.3. The van der Waals surface area contributed by atoms with Crippen LogP contribution in [0.15, 0.2) is 54.6 Å². The van der Waals surface area contributed by atoms with Crippen LogP contribution >= 0.6 is 11.6 Å². The second-order valence-corrected chi connectivity index (χ2v) is 9.30. The highest BCUT2D eigenvalue weighted by Gasteiger charge is 2.19. The zero-order valence-corrected chi connectivity index (χ0v) is 21.0. The number of hydrogen-bond acceptors (Lipinski definition) is 3. The molecule has 0 saturated carbocycles. The lowest BCUT2D eigenvalue weighted by Gasteiger charge is -2.17. The van der Waals surface area contributed by atoms with Gasteiger partial charge in [-0.15, -0.1) is 0 Å². The first-order valence-electron chi connectivity index (χ1n) is 11.3. The normalized spacial score (nSPS) is 12.6.